The van der Waals surface area contributed by atoms with Crippen molar-refractivity contribution in [1.82, 2.24) is 19.8 Å². The van der Waals surface area contributed by atoms with E-state index in [9.17, 15) is 4.79 Å². The van der Waals surface area contributed by atoms with Crippen molar-refractivity contribution in [3.05, 3.63) is 35.9 Å². The Morgan fingerprint density at radius 1 is 1.13 bits per heavy atom. The van der Waals surface area contributed by atoms with E-state index in [2.05, 4.69) is 21.8 Å². The Hall–Kier alpha value is -3.20. The zero-order chi connectivity index (χ0) is 22.6. The number of rotatable bonds is 7. The summed E-state index contributed by atoms with van der Waals surface area (Å²) in [6.45, 7) is 6.47. The fourth-order valence-electron chi connectivity index (χ4n) is 3.30. The molecular weight excluding hydrogens is 400 g/mol. The van der Waals surface area contributed by atoms with Crippen LogP contribution < -0.4 is 9.47 Å². The van der Waals surface area contributed by atoms with Crippen molar-refractivity contribution < 1.29 is 24.2 Å². The van der Waals surface area contributed by atoms with Crippen LogP contribution in [-0.2, 0) is 4.79 Å². The molecule has 1 aromatic heterocycles. The molecule has 1 N–H and O–H groups in total. The van der Waals surface area contributed by atoms with Gasteiger partial charge in [0.15, 0.2) is 0 Å². The molecule has 0 spiro atoms. The minimum atomic E-state index is -0.250. The van der Waals surface area contributed by atoms with Crippen molar-refractivity contribution >= 4 is 12.4 Å². The highest BCUT2D eigenvalue weighted by Gasteiger charge is 2.22. The number of benzene rings is 1. The first kappa shape index (κ1) is 24.1. The zero-order valence-corrected chi connectivity index (χ0v) is 18.3. The molecule has 1 fully saturated rings. The van der Waals surface area contributed by atoms with Gasteiger partial charge in [0.25, 0.3) is 12.4 Å². The summed E-state index contributed by atoms with van der Waals surface area (Å²) in [6, 6.07) is 9.48. The fourth-order valence-corrected chi connectivity index (χ4v) is 3.30. The van der Waals surface area contributed by atoms with Crippen LogP contribution in [0.5, 0.6) is 11.9 Å². The minimum absolute atomic E-state index is 0.0602. The number of aromatic nitrogens is 2. The second-order valence-corrected chi connectivity index (χ2v) is 6.96. The molecule has 0 aliphatic carbocycles. The highest BCUT2D eigenvalue weighted by atomic mass is 16.5. The van der Waals surface area contributed by atoms with E-state index in [4.69, 9.17) is 19.4 Å². The van der Waals surface area contributed by atoms with E-state index in [1.54, 1.807) is 13.2 Å². The fraction of sp³-hybridized carbons (Fsp3) is 0.455. The maximum Gasteiger partial charge on any atom is 0.320 e. The molecule has 1 aliphatic rings. The summed E-state index contributed by atoms with van der Waals surface area (Å²) in [5.41, 5.74) is 2.14. The summed E-state index contributed by atoms with van der Waals surface area (Å²) < 4.78 is 10.4. The number of nitrogens with zero attached hydrogens (tertiary/aromatic N) is 4. The number of carboxylic acid groups (broad SMARTS) is 1. The van der Waals surface area contributed by atoms with Crippen molar-refractivity contribution in [2.45, 2.75) is 19.8 Å². The molecule has 1 amide bonds. The Bertz CT molecular complexity index is 831. The largest absolute Gasteiger partial charge is 0.483 e. The molecule has 31 heavy (non-hydrogen) atoms. The lowest BCUT2D eigenvalue weighted by Crippen LogP contribution is -2.48. The van der Waals surface area contributed by atoms with Gasteiger partial charge >= 0.3 is 6.01 Å². The molecule has 3 rings (SSSR count). The van der Waals surface area contributed by atoms with Crippen molar-refractivity contribution in [2.24, 2.45) is 0 Å². The SMILES string of the molecule is CCCCN1CCN(C(=O)c2cccc(-c3cc(OC)nc(OC)n3)c2)CC1.O=CO. The van der Waals surface area contributed by atoms with Gasteiger partial charge < -0.3 is 19.5 Å². The van der Waals surface area contributed by atoms with Crippen LogP contribution in [0.1, 0.15) is 30.1 Å². The van der Waals surface area contributed by atoms with Crippen molar-refractivity contribution in [2.75, 3.05) is 46.9 Å². The predicted molar refractivity (Wildman–Crippen MR) is 117 cm³/mol. The smallest absolute Gasteiger partial charge is 0.320 e. The highest BCUT2D eigenvalue weighted by molar-refractivity contribution is 5.95. The highest BCUT2D eigenvalue weighted by Crippen LogP contribution is 2.24. The second kappa shape index (κ2) is 12.5. The van der Waals surface area contributed by atoms with Gasteiger partial charge in [-0.15, -0.1) is 0 Å². The van der Waals surface area contributed by atoms with E-state index < -0.39 is 0 Å². The molecule has 9 nitrogen and oxygen atoms in total. The first-order valence-electron chi connectivity index (χ1n) is 10.2. The molecule has 2 heterocycles. The lowest BCUT2D eigenvalue weighted by molar-refractivity contribution is -0.122. The molecule has 1 aromatic carbocycles. The van der Waals surface area contributed by atoms with Crippen LogP contribution in [0.4, 0.5) is 0 Å². The van der Waals surface area contributed by atoms with E-state index in [1.807, 2.05) is 29.2 Å². The number of unbranched alkanes of at least 4 members (excludes halogenated alkanes) is 1. The first-order chi connectivity index (χ1) is 15.1. The molecule has 168 valence electrons. The van der Waals surface area contributed by atoms with Gasteiger partial charge in [-0.1, -0.05) is 25.5 Å². The van der Waals surface area contributed by atoms with Crippen LogP contribution in [0, 0.1) is 0 Å². The number of hydrogen-bond acceptors (Lipinski definition) is 7. The zero-order valence-electron chi connectivity index (χ0n) is 18.3. The Morgan fingerprint density at radius 3 is 2.45 bits per heavy atom. The van der Waals surface area contributed by atoms with E-state index >= 15 is 0 Å². The number of carbonyl (C=O) groups excluding carboxylic acids is 1. The third kappa shape index (κ3) is 6.92. The van der Waals surface area contributed by atoms with Crippen LogP contribution in [0.25, 0.3) is 11.3 Å². The van der Waals surface area contributed by atoms with Crippen LogP contribution in [0.15, 0.2) is 30.3 Å². The second-order valence-electron chi connectivity index (χ2n) is 6.96. The number of ether oxygens (including phenoxy) is 2. The van der Waals surface area contributed by atoms with Gasteiger partial charge in [0.2, 0.25) is 5.88 Å². The lowest BCUT2D eigenvalue weighted by atomic mass is 10.1. The van der Waals surface area contributed by atoms with Gasteiger partial charge in [0.1, 0.15) is 0 Å². The number of piperazine rings is 1. The lowest BCUT2D eigenvalue weighted by Gasteiger charge is -2.34. The number of hydrogen-bond donors (Lipinski definition) is 1. The Morgan fingerprint density at radius 2 is 1.84 bits per heavy atom. The van der Waals surface area contributed by atoms with Crippen LogP contribution in [-0.4, -0.2) is 84.2 Å². The molecular formula is C22H30N4O5. The van der Waals surface area contributed by atoms with Crippen LogP contribution in [0.3, 0.4) is 0 Å². The normalized spacial score (nSPS) is 13.7. The minimum Gasteiger partial charge on any atom is -0.483 e. The molecule has 1 aliphatic heterocycles. The van der Waals surface area contributed by atoms with E-state index in [-0.39, 0.29) is 18.4 Å². The molecule has 0 saturated carbocycles. The number of amides is 1. The molecule has 9 heteroatoms. The Balaban J connectivity index is 0.00000107. The maximum absolute atomic E-state index is 13.0. The molecule has 0 unspecified atom stereocenters. The van der Waals surface area contributed by atoms with E-state index in [0.717, 1.165) is 38.3 Å². The summed E-state index contributed by atoms with van der Waals surface area (Å²) in [7, 11) is 3.06. The summed E-state index contributed by atoms with van der Waals surface area (Å²) in [5.74, 6) is 0.478. The molecule has 2 aromatic rings. The third-order valence-corrected chi connectivity index (χ3v) is 4.97. The van der Waals surface area contributed by atoms with Crippen molar-refractivity contribution in [1.29, 1.82) is 0 Å². The van der Waals surface area contributed by atoms with Gasteiger partial charge in [-0.2, -0.15) is 9.97 Å². The average molecular weight is 431 g/mol. The average Bonchev–Trinajstić information content (AvgIpc) is 2.82. The van der Waals surface area contributed by atoms with Gasteiger partial charge in [-0.3, -0.25) is 14.5 Å². The van der Waals surface area contributed by atoms with Crippen molar-refractivity contribution in [3.8, 4) is 23.1 Å². The molecule has 0 radical (unpaired) electrons. The van der Waals surface area contributed by atoms with Crippen LogP contribution in [0.2, 0.25) is 0 Å². The molecule has 0 bridgehead atoms. The maximum atomic E-state index is 13.0. The van der Waals surface area contributed by atoms with E-state index in [0.29, 0.717) is 17.1 Å². The van der Waals surface area contributed by atoms with Gasteiger partial charge in [0, 0.05) is 43.4 Å². The summed E-state index contributed by atoms with van der Waals surface area (Å²) in [5, 5.41) is 6.89. The predicted octanol–water partition coefficient (Wildman–Crippen LogP) is 2.42. The standard InChI is InChI=1S/C21H28N4O3.CH2O2/c1-4-5-9-24-10-12-25(13-11-24)20(26)17-8-6-7-16(14-17)18-15-19(27-2)23-21(22-18)28-3;2-1-3/h6-8,14-15H,4-5,9-13H2,1-3H3;1H,(H,2,3). The number of methoxy groups -OCH3 is 2. The third-order valence-electron chi connectivity index (χ3n) is 4.97. The summed E-state index contributed by atoms with van der Waals surface area (Å²) in [4.78, 5) is 34.2. The quantitative estimate of drug-likeness (QED) is 0.668. The van der Waals surface area contributed by atoms with Gasteiger partial charge in [-0.25, -0.2) is 0 Å². The Labute approximate surface area is 182 Å². The Kier molecular flexibility index (Phi) is 9.70. The van der Waals surface area contributed by atoms with Crippen LogP contribution >= 0.6 is 0 Å². The van der Waals surface area contributed by atoms with Crippen molar-refractivity contribution in [3.63, 3.8) is 0 Å². The summed E-state index contributed by atoms with van der Waals surface area (Å²) in [6.07, 6.45) is 2.41. The molecule has 1 saturated heterocycles. The van der Waals surface area contributed by atoms with Gasteiger partial charge in [0.05, 0.1) is 19.9 Å². The number of carbonyl (C=O) groups is 2. The molecule has 0 atom stereocenters. The summed E-state index contributed by atoms with van der Waals surface area (Å²) >= 11 is 0. The monoisotopic (exact) mass is 430 g/mol. The van der Waals surface area contributed by atoms with Gasteiger partial charge in [-0.05, 0) is 25.1 Å². The first-order valence-corrected chi connectivity index (χ1v) is 10.2. The topological polar surface area (TPSA) is 105 Å². The van der Waals surface area contributed by atoms with E-state index in [1.165, 1.54) is 20.0 Å².